The van der Waals surface area contributed by atoms with Crippen LogP contribution in [0.1, 0.15) is 42.6 Å². The number of nitro benzene ring substituents is 1. The minimum Gasteiger partial charge on any atom is -0.350 e. The fourth-order valence-corrected chi connectivity index (χ4v) is 3.46. The Morgan fingerprint density at radius 3 is 2.48 bits per heavy atom. The van der Waals surface area contributed by atoms with Crippen LogP contribution in [0.4, 0.5) is 11.4 Å². The van der Waals surface area contributed by atoms with E-state index in [0.29, 0.717) is 5.69 Å². The standard InChI is InChI=1S/C23H25ClN4O5/c1-13(2)20(27-22(30)18-9-8-17(28(32)33)11-19(18)24)23(31)25-12-14-4-3-5-16(10-14)26-21(29)15-6-7-15/h3-5,8-11,13,15,20H,6-7,12H2,1-2H3,(H,25,31)(H,26,29)(H,27,30)/t20-/m0/s1. The molecule has 0 aromatic heterocycles. The summed E-state index contributed by atoms with van der Waals surface area (Å²) in [6.07, 6.45) is 1.82. The largest absolute Gasteiger partial charge is 0.350 e. The Kier molecular flexibility index (Phi) is 7.65. The minimum absolute atomic E-state index is 0.00340. The highest BCUT2D eigenvalue weighted by Crippen LogP contribution is 2.30. The van der Waals surface area contributed by atoms with Crippen LogP contribution in [0.2, 0.25) is 5.02 Å². The minimum atomic E-state index is -0.846. The van der Waals surface area contributed by atoms with Gasteiger partial charge in [0.05, 0.1) is 15.5 Å². The molecule has 0 radical (unpaired) electrons. The number of benzene rings is 2. The zero-order chi connectivity index (χ0) is 24.1. The Hall–Kier alpha value is -3.46. The number of non-ortho nitro benzene ring substituents is 1. The van der Waals surface area contributed by atoms with Gasteiger partial charge in [0.2, 0.25) is 11.8 Å². The summed E-state index contributed by atoms with van der Waals surface area (Å²) in [6.45, 7) is 3.79. The highest BCUT2D eigenvalue weighted by molar-refractivity contribution is 6.34. The molecule has 1 fully saturated rings. The zero-order valence-corrected chi connectivity index (χ0v) is 19.0. The van der Waals surface area contributed by atoms with Crippen molar-refractivity contribution in [2.24, 2.45) is 11.8 Å². The van der Waals surface area contributed by atoms with E-state index >= 15 is 0 Å². The first-order chi connectivity index (χ1) is 15.7. The highest BCUT2D eigenvalue weighted by atomic mass is 35.5. The first-order valence-electron chi connectivity index (χ1n) is 10.6. The molecule has 1 aliphatic rings. The van der Waals surface area contributed by atoms with Crippen molar-refractivity contribution in [1.82, 2.24) is 10.6 Å². The second-order valence-electron chi connectivity index (χ2n) is 8.30. The lowest BCUT2D eigenvalue weighted by Crippen LogP contribution is -2.49. The fraction of sp³-hybridized carbons (Fsp3) is 0.348. The van der Waals surface area contributed by atoms with Gasteiger partial charge in [-0.1, -0.05) is 37.6 Å². The van der Waals surface area contributed by atoms with Gasteiger partial charge in [0, 0.05) is 30.3 Å². The summed E-state index contributed by atoms with van der Waals surface area (Å²) >= 11 is 6.03. The van der Waals surface area contributed by atoms with Gasteiger partial charge < -0.3 is 16.0 Å². The molecule has 3 rings (SSSR count). The van der Waals surface area contributed by atoms with E-state index in [1.807, 2.05) is 6.07 Å². The van der Waals surface area contributed by atoms with Gasteiger partial charge in [-0.15, -0.1) is 0 Å². The van der Waals surface area contributed by atoms with Crippen molar-refractivity contribution in [2.75, 3.05) is 5.32 Å². The molecule has 1 saturated carbocycles. The lowest BCUT2D eigenvalue weighted by Gasteiger charge is -2.22. The van der Waals surface area contributed by atoms with E-state index < -0.39 is 16.9 Å². The molecule has 10 heteroatoms. The third-order valence-electron chi connectivity index (χ3n) is 5.25. The Labute approximate surface area is 196 Å². The van der Waals surface area contributed by atoms with Crippen molar-refractivity contribution < 1.29 is 19.3 Å². The molecule has 0 heterocycles. The second kappa shape index (κ2) is 10.4. The van der Waals surface area contributed by atoms with E-state index in [1.54, 1.807) is 32.0 Å². The molecule has 2 aromatic carbocycles. The molecular weight excluding hydrogens is 448 g/mol. The molecule has 0 unspecified atom stereocenters. The molecule has 9 nitrogen and oxygen atoms in total. The lowest BCUT2D eigenvalue weighted by atomic mass is 10.0. The fourth-order valence-electron chi connectivity index (χ4n) is 3.20. The monoisotopic (exact) mass is 472 g/mol. The third kappa shape index (κ3) is 6.52. The van der Waals surface area contributed by atoms with E-state index in [1.165, 1.54) is 12.1 Å². The quantitative estimate of drug-likeness (QED) is 0.378. The van der Waals surface area contributed by atoms with Crippen molar-refractivity contribution in [3.8, 4) is 0 Å². The van der Waals surface area contributed by atoms with Gasteiger partial charge >= 0.3 is 0 Å². The summed E-state index contributed by atoms with van der Waals surface area (Å²) in [5.74, 6) is -1.12. The highest BCUT2D eigenvalue weighted by Gasteiger charge is 2.29. The van der Waals surface area contributed by atoms with Gasteiger partial charge in [-0.2, -0.15) is 0 Å². The number of nitrogens with one attached hydrogen (secondary N) is 3. The Balaban J connectivity index is 1.61. The van der Waals surface area contributed by atoms with Crippen molar-refractivity contribution in [3.05, 3.63) is 68.7 Å². The Bertz CT molecular complexity index is 1080. The van der Waals surface area contributed by atoms with Gasteiger partial charge in [0.25, 0.3) is 11.6 Å². The molecule has 1 aliphatic carbocycles. The zero-order valence-electron chi connectivity index (χ0n) is 18.3. The van der Waals surface area contributed by atoms with Crippen LogP contribution in [0.15, 0.2) is 42.5 Å². The van der Waals surface area contributed by atoms with E-state index in [0.717, 1.165) is 24.5 Å². The van der Waals surface area contributed by atoms with Crippen LogP contribution in [0.5, 0.6) is 0 Å². The van der Waals surface area contributed by atoms with Crippen LogP contribution in [0.3, 0.4) is 0 Å². The van der Waals surface area contributed by atoms with Crippen LogP contribution in [0, 0.1) is 22.0 Å². The van der Waals surface area contributed by atoms with Gasteiger partial charge in [-0.25, -0.2) is 0 Å². The summed E-state index contributed by atoms with van der Waals surface area (Å²) < 4.78 is 0. The summed E-state index contributed by atoms with van der Waals surface area (Å²) in [4.78, 5) is 47.7. The molecular formula is C23H25ClN4O5. The predicted molar refractivity (Wildman–Crippen MR) is 124 cm³/mol. The van der Waals surface area contributed by atoms with Crippen LogP contribution >= 0.6 is 11.6 Å². The van der Waals surface area contributed by atoms with Crippen LogP contribution in [-0.4, -0.2) is 28.7 Å². The van der Waals surface area contributed by atoms with Crippen molar-refractivity contribution >= 4 is 40.7 Å². The van der Waals surface area contributed by atoms with Crippen LogP contribution in [-0.2, 0) is 16.1 Å². The first kappa shape index (κ1) is 24.2. The molecule has 1 atom stereocenters. The molecule has 2 aromatic rings. The molecule has 0 saturated heterocycles. The average molecular weight is 473 g/mol. The molecule has 0 bridgehead atoms. The van der Waals surface area contributed by atoms with E-state index in [4.69, 9.17) is 11.6 Å². The Morgan fingerprint density at radius 1 is 1.15 bits per heavy atom. The number of carbonyl (C=O) groups excluding carboxylic acids is 3. The summed E-state index contributed by atoms with van der Waals surface area (Å²) in [5, 5.41) is 19.1. The van der Waals surface area contributed by atoms with E-state index in [2.05, 4.69) is 16.0 Å². The summed E-state index contributed by atoms with van der Waals surface area (Å²) in [7, 11) is 0. The summed E-state index contributed by atoms with van der Waals surface area (Å²) in [5.41, 5.74) is 1.27. The Morgan fingerprint density at radius 2 is 1.88 bits per heavy atom. The van der Waals surface area contributed by atoms with Crippen molar-refractivity contribution in [2.45, 2.75) is 39.3 Å². The number of carbonyl (C=O) groups is 3. The number of nitro groups is 1. The number of hydrogen-bond donors (Lipinski definition) is 3. The average Bonchev–Trinajstić information content (AvgIpc) is 3.61. The maximum atomic E-state index is 12.8. The van der Waals surface area contributed by atoms with Gasteiger partial charge in [0.15, 0.2) is 0 Å². The lowest BCUT2D eigenvalue weighted by molar-refractivity contribution is -0.384. The number of rotatable bonds is 9. The van der Waals surface area contributed by atoms with E-state index in [-0.39, 0.29) is 46.5 Å². The predicted octanol–water partition coefficient (Wildman–Crippen LogP) is 3.67. The number of hydrogen-bond acceptors (Lipinski definition) is 5. The van der Waals surface area contributed by atoms with Crippen molar-refractivity contribution in [3.63, 3.8) is 0 Å². The molecule has 3 N–H and O–H groups in total. The number of halogens is 1. The first-order valence-corrected chi connectivity index (χ1v) is 11.0. The third-order valence-corrected chi connectivity index (χ3v) is 5.57. The van der Waals surface area contributed by atoms with E-state index in [9.17, 15) is 24.5 Å². The maximum Gasteiger partial charge on any atom is 0.270 e. The molecule has 174 valence electrons. The number of nitrogens with zero attached hydrogens (tertiary/aromatic N) is 1. The smallest absolute Gasteiger partial charge is 0.270 e. The number of amides is 3. The van der Waals surface area contributed by atoms with Crippen LogP contribution < -0.4 is 16.0 Å². The van der Waals surface area contributed by atoms with Crippen molar-refractivity contribution in [1.29, 1.82) is 0 Å². The molecule has 0 aliphatic heterocycles. The normalized spacial score (nSPS) is 13.8. The topological polar surface area (TPSA) is 130 Å². The van der Waals surface area contributed by atoms with Gasteiger partial charge in [0.1, 0.15) is 6.04 Å². The SMILES string of the molecule is CC(C)[C@H](NC(=O)c1ccc([N+](=O)[O-])cc1Cl)C(=O)NCc1cccc(NC(=O)C2CC2)c1. The van der Waals surface area contributed by atoms with Gasteiger partial charge in [-0.3, -0.25) is 24.5 Å². The summed E-state index contributed by atoms with van der Waals surface area (Å²) in [6, 6.07) is 9.88. The maximum absolute atomic E-state index is 12.8. The molecule has 3 amide bonds. The number of anilines is 1. The van der Waals surface area contributed by atoms with Crippen LogP contribution in [0.25, 0.3) is 0 Å². The molecule has 0 spiro atoms. The molecule has 33 heavy (non-hydrogen) atoms. The van der Waals surface area contributed by atoms with Gasteiger partial charge in [-0.05, 0) is 42.5 Å². The second-order valence-corrected chi connectivity index (χ2v) is 8.71.